The van der Waals surface area contributed by atoms with E-state index in [1.807, 2.05) is 33.3 Å². The molecule has 3 atom stereocenters. The molecule has 0 saturated heterocycles. The van der Waals surface area contributed by atoms with Gasteiger partial charge >= 0.3 is 13.8 Å². The summed E-state index contributed by atoms with van der Waals surface area (Å²) in [6, 6.07) is -0.852. The average Bonchev–Trinajstić information content (AvgIpc) is 3.70. The maximum atomic E-state index is 13.6. The molecule has 0 rings (SSSR count). The number of phosphoric ester groups is 1. The van der Waals surface area contributed by atoms with Crippen molar-refractivity contribution in [3.63, 3.8) is 0 Å². The largest absolute Gasteiger partial charge is 0.472 e. The number of carbonyl (C=O) groups is 2. The van der Waals surface area contributed by atoms with Crippen LogP contribution in [0.5, 0.6) is 0 Å². The van der Waals surface area contributed by atoms with Crippen molar-refractivity contribution in [2.75, 3.05) is 40.9 Å². The number of rotatable bonds is 70. The minimum atomic E-state index is -4.46. The van der Waals surface area contributed by atoms with Crippen molar-refractivity contribution in [3.05, 3.63) is 72.9 Å². The van der Waals surface area contributed by atoms with Crippen molar-refractivity contribution in [1.82, 2.24) is 5.32 Å². The number of esters is 1. The van der Waals surface area contributed by atoms with Crippen molar-refractivity contribution >= 4 is 19.7 Å². The van der Waals surface area contributed by atoms with Gasteiger partial charge in [-0.2, -0.15) is 0 Å². The van der Waals surface area contributed by atoms with E-state index < -0.39 is 20.0 Å². The van der Waals surface area contributed by atoms with Gasteiger partial charge in [-0.15, -0.1) is 0 Å². The number of quaternary nitrogens is 1. The van der Waals surface area contributed by atoms with E-state index in [1.54, 1.807) is 0 Å². The molecule has 0 bridgehead atoms. The van der Waals surface area contributed by atoms with Gasteiger partial charge in [-0.05, 0) is 102 Å². The zero-order chi connectivity index (χ0) is 64.9. The fourth-order valence-electron chi connectivity index (χ4n) is 11.2. The Morgan fingerprint density at radius 3 is 1.06 bits per heavy atom. The SMILES string of the molecule is CCCCC/C=C\C/C=C\C/C=C\C/C=C\CCCCCCCCCCCCCC(=O)NC(COP(=O)(O)OCC[N+](C)(C)C)C(/C=C/CCCCCCCCCCC)OC(=O)CCCCCCCCCCCCCCCCC/C=C/CCCCCCCC. The van der Waals surface area contributed by atoms with Gasteiger partial charge < -0.3 is 19.4 Å². The summed E-state index contributed by atoms with van der Waals surface area (Å²) in [5, 5.41) is 3.08. The molecule has 2 N–H and O–H groups in total. The number of ether oxygens (including phenoxy) is 1. The van der Waals surface area contributed by atoms with Gasteiger partial charge in [0.05, 0.1) is 33.8 Å². The predicted molar refractivity (Wildman–Crippen MR) is 388 cm³/mol. The van der Waals surface area contributed by atoms with Crippen LogP contribution >= 0.6 is 7.82 Å². The second-order valence-electron chi connectivity index (χ2n) is 27.2. The lowest BCUT2D eigenvalue weighted by Crippen LogP contribution is -2.47. The van der Waals surface area contributed by atoms with Crippen molar-refractivity contribution in [2.24, 2.45) is 0 Å². The molecule has 0 aromatic rings. The normalized spacial score (nSPS) is 13.8. The second-order valence-corrected chi connectivity index (χ2v) is 28.6. The number of unbranched alkanes of at least 4 members (excludes halogenated alkanes) is 44. The fourth-order valence-corrected chi connectivity index (χ4v) is 12.0. The Kier molecular flexibility index (Phi) is 66.4. The van der Waals surface area contributed by atoms with Crippen LogP contribution in [-0.4, -0.2) is 74.3 Å². The van der Waals surface area contributed by atoms with E-state index in [1.165, 1.54) is 257 Å². The Balaban J connectivity index is 4.93. The Morgan fingerprint density at radius 2 is 0.685 bits per heavy atom. The van der Waals surface area contributed by atoms with Crippen LogP contribution in [0.25, 0.3) is 0 Å². The summed E-state index contributed by atoms with van der Waals surface area (Å²) in [6.07, 6.45) is 90.7. The van der Waals surface area contributed by atoms with E-state index in [2.05, 4.69) is 86.8 Å². The molecule has 3 unspecified atom stereocenters. The molecule has 0 aromatic carbocycles. The first-order chi connectivity index (χ1) is 43.4. The lowest BCUT2D eigenvalue weighted by molar-refractivity contribution is -0.870. The number of nitrogens with one attached hydrogen (secondary N) is 1. The summed E-state index contributed by atoms with van der Waals surface area (Å²) in [7, 11) is 1.50. The summed E-state index contributed by atoms with van der Waals surface area (Å²) in [5.74, 6) is -0.496. The van der Waals surface area contributed by atoms with Crippen molar-refractivity contribution in [3.8, 4) is 0 Å². The van der Waals surface area contributed by atoms with Crippen molar-refractivity contribution in [2.45, 2.75) is 380 Å². The second kappa shape index (κ2) is 68.3. The van der Waals surface area contributed by atoms with Crippen LogP contribution in [0.3, 0.4) is 0 Å². The number of carbonyl (C=O) groups excluding carboxylic acids is 2. The molecule has 10 heteroatoms. The summed E-state index contributed by atoms with van der Waals surface area (Å²) in [4.78, 5) is 38.0. The standard InChI is InChI=1S/C79H147N2O7P/c1-7-10-13-16-19-22-25-27-29-31-33-35-37-39-40-42-43-45-47-49-51-53-56-59-62-65-68-71-78(82)80-76(75-87-89(84,85)86-74-73-81(4,5)6)77(70-67-64-61-58-55-24-21-18-15-12-9-3)88-79(83)72-69-66-63-60-57-54-52-50-48-46-44-41-38-36-34-32-30-28-26-23-20-17-14-11-8-2/h19,22,27-30,33,35,39-40,67,70,76-77H,7-18,20-21,23-26,31-32,34,36-38,41-66,68-69,71-75H2,1-6H3,(H-,80,82,84,85)/p+1/b22-19-,29-27-,30-28+,35-33-,40-39-,70-67+. The molecule has 0 spiro atoms. The molecule has 0 aliphatic heterocycles. The highest BCUT2D eigenvalue weighted by atomic mass is 31.2. The van der Waals surface area contributed by atoms with E-state index in [9.17, 15) is 19.0 Å². The highest BCUT2D eigenvalue weighted by molar-refractivity contribution is 7.47. The molecule has 0 aromatic heterocycles. The third kappa shape index (κ3) is 69.6. The van der Waals surface area contributed by atoms with E-state index in [0.717, 1.165) is 77.0 Å². The molecule has 0 aliphatic carbocycles. The Hall–Kier alpha value is -2.55. The number of likely N-dealkylation sites (N-methyl/N-ethyl adjacent to an activating group) is 1. The van der Waals surface area contributed by atoms with Gasteiger partial charge in [0.15, 0.2) is 0 Å². The Morgan fingerprint density at radius 1 is 0.393 bits per heavy atom. The van der Waals surface area contributed by atoms with Gasteiger partial charge in [0, 0.05) is 12.8 Å². The molecule has 0 saturated carbocycles. The zero-order valence-electron chi connectivity index (χ0n) is 59.7. The maximum Gasteiger partial charge on any atom is 0.472 e. The third-order valence-corrected chi connectivity index (χ3v) is 18.1. The van der Waals surface area contributed by atoms with Gasteiger partial charge in [0.2, 0.25) is 5.91 Å². The first kappa shape index (κ1) is 86.5. The van der Waals surface area contributed by atoms with E-state index in [0.29, 0.717) is 23.9 Å². The number of allylic oxidation sites excluding steroid dienone is 11. The first-order valence-electron chi connectivity index (χ1n) is 38.3. The molecule has 9 nitrogen and oxygen atoms in total. The minimum absolute atomic E-state index is 0.0392. The third-order valence-electron chi connectivity index (χ3n) is 17.1. The quantitative estimate of drug-likeness (QED) is 0.0205. The predicted octanol–water partition coefficient (Wildman–Crippen LogP) is 24.7. The molecule has 0 radical (unpaired) electrons. The average molecular weight is 1270 g/mol. The van der Waals surface area contributed by atoms with Gasteiger partial charge in [0.1, 0.15) is 19.3 Å². The Labute approximate surface area is 553 Å². The maximum absolute atomic E-state index is 13.6. The molecule has 0 heterocycles. The highest BCUT2D eigenvalue weighted by Crippen LogP contribution is 2.43. The molecular weight excluding hydrogens is 1120 g/mol. The van der Waals surface area contributed by atoms with Crippen LogP contribution in [0.4, 0.5) is 0 Å². The summed E-state index contributed by atoms with van der Waals surface area (Å²) in [5.41, 5.74) is 0. The summed E-state index contributed by atoms with van der Waals surface area (Å²) >= 11 is 0. The first-order valence-corrected chi connectivity index (χ1v) is 39.8. The topological polar surface area (TPSA) is 111 Å². The molecule has 520 valence electrons. The fraction of sp³-hybridized carbons (Fsp3) is 0.823. The van der Waals surface area contributed by atoms with Gasteiger partial charge in [-0.25, -0.2) is 4.57 Å². The number of hydrogen-bond acceptors (Lipinski definition) is 6. The molecular formula is C79H148N2O7P+. The highest BCUT2D eigenvalue weighted by Gasteiger charge is 2.30. The van der Waals surface area contributed by atoms with Gasteiger partial charge in [0.25, 0.3) is 0 Å². The van der Waals surface area contributed by atoms with E-state index in [-0.39, 0.29) is 25.1 Å². The smallest absolute Gasteiger partial charge is 0.456 e. The van der Waals surface area contributed by atoms with Crippen LogP contribution < -0.4 is 5.32 Å². The monoisotopic (exact) mass is 1270 g/mol. The zero-order valence-corrected chi connectivity index (χ0v) is 60.6. The summed E-state index contributed by atoms with van der Waals surface area (Å²) in [6.45, 7) is 7.02. The number of hydrogen-bond donors (Lipinski definition) is 2. The van der Waals surface area contributed by atoms with Crippen LogP contribution in [-0.2, 0) is 27.9 Å². The number of amides is 1. The number of nitrogens with zero attached hydrogens (tertiary/aromatic N) is 1. The van der Waals surface area contributed by atoms with Crippen LogP contribution in [0.2, 0.25) is 0 Å². The number of phosphoric acid groups is 1. The van der Waals surface area contributed by atoms with E-state index >= 15 is 0 Å². The van der Waals surface area contributed by atoms with Crippen LogP contribution in [0, 0.1) is 0 Å². The van der Waals surface area contributed by atoms with Crippen LogP contribution in [0.15, 0.2) is 72.9 Å². The van der Waals surface area contributed by atoms with Crippen molar-refractivity contribution < 1.29 is 37.3 Å². The van der Waals surface area contributed by atoms with E-state index in [4.69, 9.17) is 13.8 Å². The minimum Gasteiger partial charge on any atom is -0.456 e. The summed E-state index contributed by atoms with van der Waals surface area (Å²) < 4.78 is 30.9. The molecule has 0 fully saturated rings. The van der Waals surface area contributed by atoms with Gasteiger partial charge in [-0.3, -0.25) is 18.6 Å². The van der Waals surface area contributed by atoms with Crippen LogP contribution in [0.1, 0.15) is 367 Å². The molecule has 1 amide bonds. The lowest BCUT2D eigenvalue weighted by atomic mass is 10.0. The Bertz CT molecular complexity index is 1750. The lowest BCUT2D eigenvalue weighted by Gasteiger charge is -2.27. The molecule has 0 aliphatic rings. The van der Waals surface area contributed by atoms with Crippen molar-refractivity contribution in [1.29, 1.82) is 0 Å². The van der Waals surface area contributed by atoms with Gasteiger partial charge in [-0.1, -0.05) is 325 Å². The molecule has 89 heavy (non-hydrogen) atoms.